The van der Waals surface area contributed by atoms with E-state index in [4.69, 9.17) is 11.6 Å². The maximum absolute atomic E-state index is 6.28. The number of anilines is 1. The number of nitrogens with zero attached hydrogens (tertiary/aromatic N) is 2. The Bertz CT molecular complexity index is 352. The van der Waals surface area contributed by atoms with Gasteiger partial charge in [0.15, 0.2) is 0 Å². The number of alkyl halides is 1. The van der Waals surface area contributed by atoms with Crippen LogP contribution in [0.15, 0.2) is 17.4 Å². The summed E-state index contributed by atoms with van der Waals surface area (Å²) in [4.78, 5) is 8.28. The molecule has 1 atom stereocenters. The first-order chi connectivity index (χ1) is 7.90. The molecule has 1 aromatic heterocycles. The molecule has 0 spiro atoms. The van der Waals surface area contributed by atoms with Gasteiger partial charge in [0.25, 0.3) is 0 Å². The van der Waals surface area contributed by atoms with Crippen molar-refractivity contribution in [3.63, 3.8) is 0 Å². The summed E-state index contributed by atoms with van der Waals surface area (Å²) in [5.74, 6) is 0.837. The van der Waals surface area contributed by atoms with Crippen LogP contribution in [0.4, 0.5) is 5.82 Å². The lowest BCUT2D eigenvalue weighted by Gasteiger charge is -2.22. The molecule has 96 valence electrons. The molecule has 17 heavy (non-hydrogen) atoms. The molecule has 0 saturated heterocycles. The van der Waals surface area contributed by atoms with Gasteiger partial charge in [0, 0.05) is 12.6 Å². The minimum Gasteiger partial charge on any atom is -0.368 e. The second kappa shape index (κ2) is 6.45. The molecule has 1 heterocycles. The first-order valence-electron chi connectivity index (χ1n) is 5.65. The Balaban J connectivity index is 2.44. The molecule has 0 bridgehead atoms. The van der Waals surface area contributed by atoms with Crippen molar-refractivity contribution in [1.82, 2.24) is 9.97 Å². The zero-order valence-electron chi connectivity index (χ0n) is 10.8. The van der Waals surface area contributed by atoms with Gasteiger partial charge >= 0.3 is 0 Å². The van der Waals surface area contributed by atoms with Gasteiger partial charge in [0.2, 0.25) is 0 Å². The van der Waals surface area contributed by atoms with Crippen LogP contribution in [0.3, 0.4) is 0 Å². The third kappa shape index (κ3) is 6.13. The van der Waals surface area contributed by atoms with Gasteiger partial charge in [0.1, 0.15) is 17.2 Å². The topological polar surface area (TPSA) is 37.8 Å². The summed E-state index contributed by atoms with van der Waals surface area (Å²) in [6.45, 7) is 7.31. The fourth-order valence-electron chi connectivity index (χ4n) is 1.50. The lowest BCUT2D eigenvalue weighted by Crippen LogP contribution is -2.21. The molecule has 0 fully saturated rings. The Morgan fingerprint density at radius 1 is 1.41 bits per heavy atom. The number of aromatic nitrogens is 2. The summed E-state index contributed by atoms with van der Waals surface area (Å²) in [5.41, 5.74) is 0.254. The number of hydrogen-bond donors (Lipinski definition) is 1. The lowest BCUT2D eigenvalue weighted by molar-refractivity contribution is 0.373. The molecule has 1 rings (SSSR count). The summed E-state index contributed by atoms with van der Waals surface area (Å²) in [6, 6.07) is 1.94. The van der Waals surface area contributed by atoms with E-state index in [0.29, 0.717) is 0 Å². The van der Waals surface area contributed by atoms with Crippen LogP contribution in [0, 0.1) is 5.41 Å². The highest BCUT2D eigenvalue weighted by Crippen LogP contribution is 2.23. The summed E-state index contributed by atoms with van der Waals surface area (Å²) >= 11 is 7.88. The highest BCUT2D eigenvalue weighted by Gasteiger charge is 2.16. The minimum atomic E-state index is 0.114. The maximum atomic E-state index is 6.28. The lowest BCUT2D eigenvalue weighted by atomic mass is 9.90. The van der Waals surface area contributed by atoms with E-state index in [9.17, 15) is 0 Å². The Kier molecular flexibility index (Phi) is 5.53. The van der Waals surface area contributed by atoms with E-state index >= 15 is 0 Å². The van der Waals surface area contributed by atoms with E-state index in [1.54, 1.807) is 18.1 Å². The van der Waals surface area contributed by atoms with Crippen molar-refractivity contribution >= 4 is 29.2 Å². The van der Waals surface area contributed by atoms with Crippen molar-refractivity contribution in [1.29, 1.82) is 0 Å². The summed E-state index contributed by atoms with van der Waals surface area (Å²) in [5, 5.41) is 4.32. The number of nitrogens with one attached hydrogen (secondary N) is 1. The summed E-state index contributed by atoms with van der Waals surface area (Å²) in [7, 11) is 0. The highest BCUT2D eigenvalue weighted by molar-refractivity contribution is 7.98. The molecule has 0 aromatic carbocycles. The SMILES string of the molecule is CSc1cc(NCC(Cl)CC(C)(C)C)ncn1. The number of thioether (sulfide) groups is 1. The van der Waals surface area contributed by atoms with Crippen LogP contribution in [-0.2, 0) is 0 Å². The molecular formula is C12H20ClN3S. The molecule has 0 saturated carbocycles. The van der Waals surface area contributed by atoms with Crippen molar-refractivity contribution in [3.8, 4) is 0 Å². The van der Waals surface area contributed by atoms with Gasteiger partial charge in [-0.05, 0) is 18.1 Å². The predicted octanol–water partition coefficient (Wildman–Crippen LogP) is 3.65. The third-order valence-electron chi connectivity index (χ3n) is 2.19. The minimum absolute atomic E-state index is 0.114. The van der Waals surface area contributed by atoms with Crippen molar-refractivity contribution in [2.45, 2.75) is 37.6 Å². The maximum Gasteiger partial charge on any atom is 0.130 e. The molecule has 1 N–H and O–H groups in total. The van der Waals surface area contributed by atoms with Gasteiger partial charge in [-0.1, -0.05) is 20.8 Å². The molecule has 0 aliphatic rings. The van der Waals surface area contributed by atoms with Gasteiger partial charge in [-0.15, -0.1) is 23.4 Å². The summed E-state index contributed by atoms with van der Waals surface area (Å²) in [6.07, 6.45) is 4.54. The molecule has 0 aliphatic carbocycles. The number of hydrogen-bond acceptors (Lipinski definition) is 4. The quantitative estimate of drug-likeness (QED) is 0.505. The van der Waals surface area contributed by atoms with Crippen molar-refractivity contribution in [2.75, 3.05) is 18.1 Å². The van der Waals surface area contributed by atoms with Crippen LogP contribution in [0.1, 0.15) is 27.2 Å². The first-order valence-corrected chi connectivity index (χ1v) is 7.31. The smallest absolute Gasteiger partial charge is 0.130 e. The predicted molar refractivity (Wildman–Crippen MR) is 76.0 cm³/mol. The van der Waals surface area contributed by atoms with Gasteiger partial charge in [0.05, 0.1) is 5.38 Å². The highest BCUT2D eigenvalue weighted by atomic mass is 35.5. The van der Waals surface area contributed by atoms with E-state index in [0.717, 1.165) is 23.8 Å². The second-order valence-corrected chi connectivity index (χ2v) is 6.63. The van der Waals surface area contributed by atoms with Crippen LogP contribution < -0.4 is 5.32 Å². The first kappa shape index (κ1) is 14.6. The van der Waals surface area contributed by atoms with Crippen molar-refractivity contribution in [2.24, 2.45) is 5.41 Å². The molecule has 1 unspecified atom stereocenters. The fourth-order valence-corrected chi connectivity index (χ4v) is 2.42. The fraction of sp³-hybridized carbons (Fsp3) is 0.667. The van der Waals surface area contributed by atoms with Crippen molar-refractivity contribution in [3.05, 3.63) is 12.4 Å². The van der Waals surface area contributed by atoms with Gasteiger partial charge < -0.3 is 5.32 Å². The van der Waals surface area contributed by atoms with Crippen LogP contribution in [0.25, 0.3) is 0 Å². The van der Waals surface area contributed by atoms with Gasteiger partial charge in [-0.3, -0.25) is 0 Å². The van der Waals surface area contributed by atoms with Gasteiger partial charge in [-0.2, -0.15) is 0 Å². The van der Waals surface area contributed by atoms with E-state index in [1.807, 2.05) is 12.3 Å². The average Bonchev–Trinajstić information content (AvgIpc) is 2.24. The van der Waals surface area contributed by atoms with Crippen LogP contribution >= 0.6 is 23.4 Å². The van der Waals surface area contributed by atoms with E-state index in [2.05, 4.69) is 36.1 Å². The summed E-state index contributed by atoms with van der Waals surface area (Å²) < 4.78 is 0. The standard InChI is InChI=1S/C12H20ClN3S/c1-12(2,3)6-9(13)7-14-10-5-11(17-4)16-8-15-10/h5,8-9H,6-7H2,1-4H3,(H,14,15,16). The monoisotopic (exact) mass is 273 g/mol. The molecule has 0 aliphatic heterocycles. The zero-order chi connectivity index (χ0) is 12.9. The normalized spacial score (nSPS) is 13.5. The molecular weight excluding hydrogens is 254 g/mol. The molecule has 5 heteroatoms. The second-order valence-electron chi connectivity index (χ2n) is 5.19. The number of halogens is 1. The van der Waals surface area contributed by atoms with Gasteiger partial charge in [-0.25, -0.2) is 9.97 Å². The van der Waals surface area contributed by atoms with Crippen LogP contribution in [0.5, 0.6) is 0 Å². The Morgan fingerprint density at radius 2 is 2.12 bits per heavy atom. The Morgan fingerprint density at radius 3 is 2.71 bits per heavy atom. The van der Waals surface area contributed by atoms with E-state index in [-0.39, 0.29) is 10.8 Å². The zero-order valence-corrected chi connectivity index (χ0v) is 12.4. The van der Waals surface area contributed by atoms with E-state index in [1.165, 1.54) is 0 Å². The Labute approximate surface area is 113 Å². The van der Waals surface area contributed by atoms with Crippen LogP contribution in [-0.4, -0.2) is 28.1 Å². The number of rotatable bonds is 5. The largest absolute Gasteiger partial charge is 0.368 e. The average molecular weight is 274 g/mol. The molecule has 0 radical (unpaired) electrons. The third-order valence-corrected chi connectivity index (χ3v) is 3.14. The van der Waals surface area contributed by atoms with Crippen LogP contribution in [0.2, 0.25) is 0 Å². The molecule has 1 aromatic rings. The molecule has 0 amide bonds. The van der Waals surface area contributed by atoms with Crippen molar-refractivity contribution < 1.29 is 0 Å². The van der Waals surface area contributed by atoms with E-state index < -0.39 is 0 Å². The Hall–Kier alpha value is -0.480. The molecule has 3 nitrogen and oxygen atoms in total.